The van der Waals surface area contributed by atoms with Crippen LogP contribution in [0.5, 0.6) is 0 Å². The summed E-state index contributed by atoms with van der Waals surface area (Å²) in [6, 6.07) is 16.8. The van der Waals surface area contributed by atoms with Crippen LogP contribution in [0.1, 0.15) is 25.8 Å². The summed E-state index contributed by atoms with van der Waals surface area (Å²) in [5.41, 5.74) is 2.50. The van der Waals surface area contributed by atoms with Crippen LogP contribution < -0.4 is 16.0 Å². The molecule has 3 amide bonds. The van der Waals surface area contributed by atoms with Crippen LogP contribution in [-0.4, -0.2) is 24.8 Å². The third kappa shape index (κ3) is 6.84. The topological polar surface area (TPSA) is 79.5 Å². The summed E-state index contributed by atoms with van der Waals surface area (Å²) in [6.07, 6.45) is 1.27. The fourth-order valence-electron chi connectivity index (χ4n) is 2.41. The Morgan fingerprint density at radius 1 is 0.962 bits per heavy atom. The maximum absolute atomic E-state index is 12.1. The first-order chi connectivity index (χ1) is 12.6. The van der Waals surface area contributed by atoms with E-state index in [1.807, 2.05) is 25.1 Å². The van der Waals surface area contributed by atoms with Crippen LogP contribution >= 0.6 is 0 Å². The van der Waals surface area contributed by atoms with Crippen LogP contribution in [0.25, 0.3) is 0 Å². The Morgan fingerprint density at radius 2 is 1.58 bits per heavy atom. The molecule has 0 fully saturated rings. The average Bonchev–Trinajstić information content (AvgIpc) is 2.62. The highest BCUT2D eigenvalue weighted by Gasteiger charge is 2.08. The molecule has 26 heavy (non-hydrogen) atoms. The standard InChI is InChI=1S/C20H25N3O3/c1-3-26-20(25)23-18-13-11-17(12-14-18)22-19(24)21-15(2)9-10-16-7-5-4-6-8-16/h4-8,11-15H,3,9-10H2,1-2H3,(H,23,25)(H2,21,22,24). The number of anilines is 2. The van der Waals surface area contributed by atoms with Gasteiger partial charge in [-0.2, -0.15) is 0 Å². The molecule has 6 nitrogen and oxygen atoms in total. The van der Waals surface area contributed by atoms with E-state index in [4.69, 9.17) is 4.74 Å². The van der Waals surface area contributed by atoms with Crippen molar-refractivity contribution >= 4 is 23.5 Å². The van der Waals surface area contributed by atoms with Gasteiger partial charge in [0.05, 0.1) is 6.61 Å². The van der Waals surface area contributed by atoms with Crippen LogP contribution in [-0.2, 0) is 11.2 Å². The van der Waals surface area contributed by atoms with E-state index in [-0.39, 0.29) is 12.1 Å². The second-order valence-corrected chi connectivity index (χ2v) is 5.95. The van der Waals surface area contributed by atoms with Gasteiger partial charge in [0.2, 0.25) is 0 Å². The second-order valence-electron chi connectivity index (χ2n) is 5.95. The number of carbonyl (C=O) groups is 2. The number of rotatable bonds is 7. The van der Waals surface area contributed by atoms with Gasteiger partial charge in [0.1, 0.15) is 0 Å². The lowest BCUT2D eigenvalue weighted by atomic mass is 10.1. The summed E-state index contributed by atoms with van der Waals surface area (Å²) >= 11 is 0. The Hall–Kier alpha value is -3.02. The van der Waals surface area contributed by atoms with Crippen LogP contribution in [0, 0.1) is 0 Å². The molecule has 0 saturated heterocycles. The molecule has 0 aliphatic heterocycles. The molecular weight excluding hydrogens is 330 g/mol. The number of nitrogens with one attached hydrogen (secondary N) is 3. The van der Waals surface area contributed by atoms with Gasteiger partial charge in [-0.3, -0.25) is 5.32 Å². The van der Waals surface area contributed by atoms with E-state index >= 15 is 0 Å². The van der Waals surface area contributed by atoms with E-state index in [1.165, 1.54) is 5.56 Å². The third-order valence-corrected chi connectivity index (χ3v) is 3.75. The Bertz CT molecular complexity index is 702. The third-order valence-electron chi connectivity index (χ3n) is 3.75. The van der Waals surface area contributed by atoms with Crippen LogP contribution in [0.3, 0.4) is 0 Å². The minimum absolute atomic E-state index is 0.0555. The minimum atomic E-state index is -0.502. The first-order valence-electron chi connectivity index (χ1n) is 8.72. The smallest absolute Gasteiger partial charge is 0.411 e. The molecule has 1 atom stereocenters. The van der Waals surface area contributed by atoms with Crippen molar-refractivity contribution in [2.45, 2.75) is 32.7 Å². The Morgan fingerprint density at radius 3 is 2.19 bits per heavy atom. The van der Waals surface area contributed by atoms with Crippen molar-refractivity contribution in [2.75, 3.05) is 17.2 Å². The molecule has 0 spiro atoms. The predicted octanol–water partition coefficient (Wildman–Crippen LogP) is 4.40. The minimum Gasteiger partial charge on any atom is -0.450 e. The molecule has 0 heterocycles. The van der Waals surface area contributed by atoms with Gasteiger partial charge in [-0.05, 0) is 56.5 Å². The van der Waals surface area contributed by atoms with E-state index < -0.39 is 6.09 Å². The monoisotopic (exact) mass is 355 g/mol. The molecular formula is C20H25N3O3. The lowest BCUT2D eigenvalue weighted by Crippen LogP contribution is -2.36. The fourth-order valence-corrected chi connectivity index (χ4v) is 2.41. The van der Waals surface area contributed by atoms with E-state index in [9.17, 15) is 9.59 Å². The zero-order valence-electron chi connectivity index (χ0n) is 15.1. The highest BCUT2D eigenvalue weighted by atomic mass is 16.5. The van der Waals surface area contributed by atoms with Gasteiger partial charge in [-0.1, -0.05) is 30.3 Å². The van der Waals surface area contributed by atoms with Crippen molar-refractivity contribution in [2.24, 2.45) is 0 Å². The Balaban J connectivity index is 1.75. The number of hydrogen-bond acceptors (Lipinski definition) is 3. The Labute approximate surface area is 153 Å². The van der Waals surface area contributed by atoms with Gasteiger partial charge in [0.15, 0.2) is 0 Å². The number of benzene rings is 2. The molecule has 138 valence electrons. The highest BCUT2D eigenvalue weighted by molar-refractivity contribution is 5.90. The molecule has 2 aromatic carbocycles. The first-order valence-corrected chi connectivity index (χ1v) is 8.72. The van der Waals surface area contributed by atoms with Crippen molar-refractivity contribution in [3.05, 3.63) is 60.2 Å². The molecule has 0 radical (unpaired) electrons. The van der Waals surface area contributed by atoms with E-state index in [1.54, 1.807) is 31.2 Å². The lowest BCUT2D eigenvalue weighted by molar-refractivity contribution is 0.168. The number of amides is 3. The van der Waals surface area contributed by atoms with Crippen LogP contribution in [0.15, 0.2) is 54.6 Å². The maximum Gasteiger partial charge on any atom is 0.411 e. The number of urea groups is 1. The van der Waals surface area contributed by atoms with Crippen LogP contribution in [0.2, 0.25) is 0 Å². The van der Waals surface area contributed by atoms with Crippen molar-refractivity contribution in [1.82, 2.24) is 5.32 Å². The molecule has 2 rings (SSSR count). The number of ether oxygens (including phenoxy) is 1. The first kappa shape index (κ1) is 19.3. The van der Waals surface area contributed by atoms with Gasteiger partial charge in [0, 0.05) is 17.4 Å². The lowest BCUT2D eigenvalue weighted by Gasteiger charge is -2.15. The van der Waals surface area contributed by atoms with Crippen molar-refractivity contribution in [3.63, 3.8) is 0 Å². The van der Waals surface area contributed by atoms with Gasteiger partial charge in [0.25, 0.3) is 0 Å². The van der Waals surface area contributed by atoms with Gasteiger partial charge >= 0.3 is 12.1 Å². The molecule has 0 aliphatic rings. The molecule has 0 aliphatic carbocycles. The highest BCUT2D eigenvalue weighted by Crippen LogP contribution is 2.14. The molecule has 0 aromatic heterocycles. The molecule has 6 heteroatoms. The van der Waals surface area contributed by atoms with Crippen LogP contribution in [0.4, 0.5) is 21.0 Å². The summed E-state index contributed by atoms with van der Waals surface area (Å²) in [6.45, 7) is 4.04. The summed E-state index contributed by atoms with van der Waals surface area (Å²) in [7, 11) is 0. The quantitative estimate of drug-likeness (QED) is 0.689. The molecule has 2 aromatic rings. The summed E-state index contributed by atoms with van der Waals surface area (Å²) < 4.78 is 4.81. The van der Waals surface area contributed by atoms with Gasteiger partial charge < -0.3 is 15.4 Å². The van der Waals surface area contributed by atoms with Gasteiger partial charge in [-0.25, -0.2) is 9.59 Å². The zero-order valence-corrected chi connectivity index (χ0v) is 15.1. The molecule has 3 N–H and O–H groups in total. The van der Waals surface area contributed by atoms with Crippen molar-refractivity contribution in [1.29, 1.82) is 0 Å². The second kappa shape index (κ2) is 10.1. The van der Waals surface area contributed by atoms with Gasteiger partial charge in [-0.15, -0.1) is 0 Å². The molecule has 0 bridgehead atoms. The number of aryl methyl sites for hydroxylation is 1. The molecule has 0 saturated carbocycles. The zero-order chi connectivity index (χ0) is 18.8. The normalized spacial score (nSPS) is 11.3. The number of hydrogen-bond donors (Lipinski definition) is 3. The van der Waals surface area contributed by atoms with Crippen molar-refractivity contribution < 1.29 is 14.3 Å². The SMILES string of the molecule is CCOC(=O)Nc1ccc(NC(=O)NC(C)CCc2ccccc2)cc1. The Kier molecular flexibility index (Phi) is 7.49. The fraction of sp³-hybridized carbons (Fsp3) is 0.300. The largest absolute Gasteiger partial charge is 0.450 e. The summed E-state index contributed by atoms with van der Waals surface area (Å²) in [5.74, 6) is 0. The summed E-state index contributed by atoms with van der Waals surface area (Å²) in [4.78, 5) is 23.4. The predicted molar refractivity (Wildman–Crippen MR) is 103 cm³/mol. The maximum atomic E-state index is 12.1. The summed E-state index contributed by atoms with van der Waals surface area (Å²) in [5, 5.41) is 8.30. The van der Waals surface area contributed by atoms with E-state index in [0.717, 1.165) is 12.8 Å². The number of carbonyl (C=O) groups excluding carboxylic acids is 2. The van der Waals surface area contributed by atoms with E-state index in [2.05, 4.69) is 28.1 Å². The molecule has 1 unspecified atom stereocenters. The average molecular weight is 355 g/mol. The van der Waals surface area contributed by atoms with E-state index in [0.29, 0.717) is 18.0 Å². The van der Waals surface area contributed by atoms with Crippen molar-refractivity contribution in [3.8, 4) is 0 Å².